The summed E-state index contributed by atoms with van der Waals surface area (Å²) >= 11 is 1.49. The lowest BCUT2D eigenvalue weighted by Gasteiger charge is -2.18. The van der Waals surface area contributed by atoms with E-state index in [-0.39, 0.29) is 11.8 Å². The summed E-state index contributed by atoms with van der Waals surface area (Å²) in [6, 6.07) is -0.392. The van der Waals surface area contributed by atoms with Crippen LogP contribution in [0.3, 0.4) is 0 Å². The molecule has 1 atom stereocenters. The van der Waals surface area contributed by atoms with Gasteiger partial charge in [0, 0.05) is 18.3 Å². The molecule has 1 aliphatic heterocycles. The van der Waals surface area contributed by atoms with Crippen molar-refractivity contribution in [3.63, 3.8) is 0 Å². The fourth-order valence-electron chi connectivity index (χ4n) is 1.73. The van der Waals surface area contributed by atoms with Crippen LogP contribution in [0.25, 0.3) is 0 Å². The topological polar surface area (TPSA) is 62.3 Å². The molecule has 1 aromatic rings. The Kier molecular flexibility index (Phi) is 3.15. The second kappa shape index (κ2) is 4.44. The van der Waals surface area contributed by atoms with Crippen molar-refractivity contribution in [2.45, 2.75) is 32.7 Å². The Morgan fingerprint density at radius 1 is 1.53 bits per heavy atom. The van der Waals surface area contributed by atoms with Gasteiger partial charge in [-0.3, -0.25) is 14.5 Å². The van der Waals surface area contributed by atoms with E-state index >= 15 is 0 Å². The van der Waals surface area contributed by atoms with Crippen LogP contribution in [0.1, 0.15) is 23.4 Å². The number of amides is 2. The zero-order chi connectivity index (χ0) is 12.6. The summed E-state index contributed by atoms with van der Waals surface area (Å²) in [4.78, 5) is 30.1. The molecule has 2 amide bonds. The number of aryl methyl sites for hydroxylation is 2. The molecule has 6 heteroatoms. The van der Waals surface area contributed by atoms with E-state index < -0.39 is 6.04 Å². The molecule has 1 saturated heterocycles. The molecule has 0 aromatic carbocycles. The molecule has 1 fully saturated rings. The van der Waals surface area contributed by atoms with Gasteiger partial charge in [0.25, 0.3) is 5.91 Å². The van der Waals surface area contributed by atoms with E-state index in [9.17, 15) is 9.59 Å². The number of aromatic nitrogens is 1. The van der Waals surface area contributed by atoms with E-state index in [1.807, 2.05) is 13.8 Å². The van der Waals surface area contributed by atoms with Crippen LogP contribution in [0.15, 0.2) is 0 Å². The number of hydrogen-bond donors (Lipinski definition) is 1. The van der Waals surface area contributed by atoms with Crippen molar-refractivity contribution in [3.05, 3.63) is 10.6 Å². The highest BCUT2D eigenvalue weighted by Gasteiger charge is 2.30. The highest BCUT2D eigenvalue weighted by molar-refractivity contribution is 7.15. The summed E-state index contributed by atoms with van der Waals surface area (Å²) in [5.41, 5.74) is 0.945. The Bertz CT molecular complexity index is 450. The van der Waals surface area contributed by atoms with Crippen LogP contribution in [0.5, 0.6) is 0 Å². The SMILES string of the molecule is Cc1nc(N(C)C(=O)C2CCC(=O)N2)sc1C. The minimum absolute atomic E-state index is 0.0525. The summed E-state index contributed by atoms with van der Waals surface area (Å²) in [5, 5.41) is 3.36. The molecule has 0 bridgehead atoms. The van der Waals surface area contributed by atoms with Crippen LogP contribution in [-0.4, -0.2) is 29.9 Å². The standard InChI is InChI=1S/C11H15N3O2S/c1-6-7(2)17-11(12-6)14(3)10(16)8-4-5-9(15)13-8/h8H,4-5H2,1-3H3,(H,13,15). The van der Waals surface area contributed by atoms with Crippen LogP contribution in [0.4, 0.5) is 5.13 Å². The third kappa shape index (κ3) is 2.31. The van der Waals surface area contributed by atoms with Crippen molar-refractivity contribution >= 4 is 28.3 Å². The van der Waals surface area contributed by atoms with Crippen LogP contribution < -0.4 is 10.2 Å². The van der Waals surface area contributed by atoms with Gasteiger partial charge in [-0.1, -0.05) is 0 Å². The average Bonchev–Trinajstić information content (AvgIpc) is 2.85. The van der Waals surface area contributed by atoms with E-state index in [1.54, 1.807) is 7.05 Å². The summed E-state index contributed by atoms with van der Waals surface area (Å²) in [6.45, 7) is 3.90. The molecule has 1 N–H and O–H groups in total. The van der Waals surface area contributed by atoms with Gasteiger partial charge in [-0.05, 0) is 20.3 Å². The molecule has 1 aromatic heterocycles. The second-order valence-electron chi connectivity index (χ2n) is 4.19. The van der Waals surface area contributed by atoms with E-state index in [2.05, 4.69) is 10.3 Å². The molecule has 5 nitrogen and oxygen atoms in total. The molecular weight excluding hydrogens is 238 g/mol. The van der Waals surface area contributed by atoms with Crippen LogP contribution in [0, 0.1) is 13.8 Å². The van der Waals surface area contributed by atoms with Crippen molar-refractivity contribution < 1.29 is 9.59 Å². The average molecular weight is 253 g/mol. The predicted molar refractivity (Wildman–Crippen MR) is 66.2 cm³/mol. The van der Waals surface area contributed by atoms with Gasteiger partial charge >= 0.3 is 0 Å². The van der Waals surface area contributed by atoms with E-state index in [0.29, 0.717) is 18.0 Å². The van der Waals surface area contributed by atoms with Crippen LogP contribution >= 0.6 is 11.3 Å². The maximum absolute atomic E-state index is 12.1. The zero-order valence-electron chi connectivity index (χ0n) is 10.1. The van der Waals surface area contributed by atoms with E-state index in [4.69, 9.17) is 0 Å². The third-order valence-electron chi connectivity index (χ3n) is 2.93. The van der Waals surface area contributed by atoms with Crippen LogP contribution in [0.2, 0.25) is 0 Å². The number of likely N-dealkylation sites (N-methyl/N-ethyl adjacent to an activating group) is 1. The molecule has 2 heterocycles. The van der Waals surface area contributed by atoms with E-state index in [0.717, 1.165) is 10.6 Å². The smallest absolute Gasteiger partial charge is 0.251 e. The van der Waals surface area contributed by atoms with Crippen molar-refractivity contribution in [1.82, 2.24) is 10.3 Å². The van der Waals surface area contributed by atoms with Gasteiger partial charge in [-0.2, -0.15) is 0 Å². The maximum atomic E-state index is 12.1. The first-order valence-corrected chi connectivity index (χ1v) is 6.31. The van der Waals surface area contributed by atoms with Gasteiger partial charge in [0.05, 0.1) is 5.69 Å². The minimum atomic E-state index is -0.392. The number of carbonyl (C=O) groups is 2. The number of hydrogen-bond acceptors (Lipinski definition) is 4. The normalized spacial score (nSPS) is 19.2. The summed E-state index contributed by atoms with van der Waals surface area (Å²) in [7, 11) is 1.70. The summed E-state index contributed by atoms with van der Waals surface area (Å²) in [6.07, 6.45) is 1.01. The predicted octanol–water partition coefficient (Wildman–Crippen LogP) is 1.00. The van der Waals surface area contributed by atoms with Gasteiger partial charge in [-0.25, -0.2) is 4.98 Å². The van der Waals surface area contributed by atoms with E-state index in [1.165, 1.54) is 16.2 Å². The molecule has 0 spiro atoms. The summed E-state index contributed by atoms with van der Waals surface area (Å²) in [5.74, 6) is -0.146. The number of rotatable bonds is 2. The fraction of sp³-hybridized carbons (Fsp3) is 0.545. The maximum Gasteiger partial charge on any atom is 0.251 e. The lowest BCUT2D eigenvalue weighted by atomic mass is 10.2. The lowest BCUT2D eigenvalue weighted by molar-refractivity contribution is -0.123. The van der Waals surface area contributed by atoms with Crippen molar-refractivity contribution in [1.29, 1.82) is 0 Å². The van der Waals surface area contributed by atoms with Crippen molar-refractivity contribution in [2.24, 2.45) is 0 Å². The Labute approximate surface area is 104 Å². The van der Waals surface area contributed by atoms with Crippen LogP contribution in [-0.2, 0) is 9.59 Å². The largest absolute Gasteiger partial charge is 0.344 e. The lowest BCUT2D eigenvalue weighted by Crippen LogP contribution is -2.42. The highest BCUT2D eigenvalue weighted by atomic mass is 32.1. The monoisotopic (exact) mass is 253 g/mol. The van der Waals surface area contributed by atoms with Crippen molar-refractivity contribution in [3.8, 4) is 0 Å². The molecule has 2 rings (SSSR count). The first kappa shape index (κ1) is 12.0. The number of anilines is 1. The number of thiazole rings is 1. The first-order valence-electron chi connectivity index (χ1n) is 5.50. The van der Waals surface area contributed by atoms with Gasteiger partial charge in [0.15, 0.2) is 5.13 Å². The second-order valence-corrected chi connectivity index (χ2v) is 5.38. The fourth-order valence-corrected chi connectivity index (χ4v) is 2.60. The number of carbonyl (C=O) groups excluding carboxylic acids is 2. The first-order chi connectivity index (χ1) is 7.99. The zero-order valence-corrected chi connectivity index (χ0v) is 10.9. The third-order valence-corrected chi connectivity index (χ3v) is 4.08. The van der Waals surface area contributed by atoms with Gasteiger partial charge < -0.3 is 5.32 Å². The molecule has 0 saturated carbocycles. The number of nitrogens with zero attached hydrogens (tertiary/aromatic N) is 2. The van der Waals surface area contributed by atoms with Crippen molar-refractivity contribution in [2.75, 3.05) is 11.9 Å². The Hall–Kier alpha value is -1.43. The number of nitrogens with one attached hydrogen (secondary N) is 1. The quantitative estimate of drug-likeness (QED) is 0.855. The van der Waals surface area contributed by atoms with Gasteiger partial charge in [0.2, 0.25) is 5.91 Å². The molecule has 92 valence electrons. The molecule has 0 aliphatic carbocycles. The molecule has 0 radical (unpaired) electrons. The molecule has 1 unspecified atom stereocenters. The highest BCUT2D eigenvalue weighted by Crippen LogP contribution is 2.25. The Balaban J connectivity index is 2.12. The molecular formula is C11H15N3O2S. The minimum Gasteiger partial charge on any atom is -0.344 e. The Morgan fingerprint density at radius 2 is 2.24 bits per heavy atom. The molecule has 17 heavy (non-hydrogen) atoms. The summed E-state index contributed by atoms with van der Waals surface area (Å²) < 4.78 is 0. The Morgan fingerprint density at radius 3 is 2.71 bits per heavy atom. The van der Waals surface area contributed by atoms with Gasteiger partial charge in [0.1, 0.15) is 6.04 Å². The van der Waals surface area contributed by atoms with Gasteiger partial charge in [-0.15, -0.1) is 11.3 Å². The molecule has 1 aliphatic rings.